The molecule has 168 valence electrons. The van der Waals surface area contributed by atoms with E-state index in [1.807, 2.05) is 0 Å². The van der Waals surface area contributed by atoms with Crippen LogP contribution in [0.2, 0.25) is 0 Å². The summed E-state index contributed by atoms with van der Waals surface area (Å²) in [5.74, 6) is 0.965. The van der Waals surface area contributed by atoms with Gasteiger partial charge in [0.2, 0.25) is 0 Å². The molecule has 0 saturated carbocycles. The second-order valence-corrected chi connectivity index (χ2v) is 11.2. The van der Waals surface area contributed by atoms with Gasteiger partial charge in [-0.3, -0.25) is 0 Å². The number of hydrogen-bond acceptors (Lipinski definition) is 6. The van der Waals surface area contributed by atoms with Gasteiger partial charge in [-0.15, -0.1) is 0 Å². The van der Waals surface area contributed by atoms with Crippen molar-refractivity contribution < 1.29 is 13.4 Å². The smallest absolute Gasteiger partial charge is 0.180 e. The van der Waals surface area contributed by atoms with E-state index in [1.165, 1.54) is 18.4 Å². The van der Waals surface area contributed by atoms with E-state index in [9.17, 15) is 0 Å². The van der Waals surface area contributed by atoms with Crippen molar-refractivity contribution in [3.63, 3.8) is 0 Å². The van der Waals surface area contributed by atoms with Gasteiger partial charge in [-0.2, -0.15) is 0 Å². The van der Waals surface area contributed by atoms with Crippen molar-refractivity contribution in [2.45, 2.75) is 81.6 Å². The molecule has 0 aliphatic heterocycles. The molecule has 0 unspecified atom stereocenters. The first-order valence-corrected chi connectivity index (χ1v) is 10.4. The molecule has 6 heteroatoms. The van der Waals surface area contributed by atoms with Crippen LogP contribution in [0.5, 0.6) is 0 Å². The zero-order valence-electron chi connectivity index (χ0n) is 20.2. The Morgan fingerprint density at radius 3 is 1.77 bits per heavy atom. The Kier molecular flexibility index (Phi) is 9.53. The zero-order valence-corrected chi connectivity index (χ0v) is 20.2. The van der Waals surface area contributed by atoms with Gasteiger partial charge in [0.1, 0.15) is 18.3 Å². The molecule has 3 aromatic rings. The van der Waals surface area contributed by atoms with Gasteiger partial charge in [0.15, 0.2) is 12.8 Å². The number of aromatic nitrogens is 3. The molecule has 30 heavy (non-hydrogen) atoms. The lowest BCUT2D eigenvalue weighted by Gasteiger charge is -2.15. The van der Waals surface area contributed by atoms with Crippen LogP contribution >= 0.6 is 0 Å². The molecule has 0 aromatic carbocycles. The molecule has 0 aliphatic rings. The van der Waals surface area contributed by atoms with E-state index < -0.39 is 0 Å². The number of hydrogen-bond donors (Lipinski definition) is 0. The molecule has 0 radical (unpaired) electrons. The van der Waals surface area contributed by atoms with Gasteiger partial charge in [-0.1, -0.05) is 67.5 Å². The van der Waals surface area contributed by atoms with E-state index in [0.29, 0.717) is 16.2 Å². The largest absolute Gasteiger partial charge is 0.451 e. The summed E-state index contributed by atoms with van der Waals surface area (Å²) in [6, 6.07) is 0. The Labute approximate surface area is 181 Å². The fourth-order valence-electron chi connectivity index (χ4n) is 2.65. The van der Waals surface area contributed by atoms with Crippen LogP contribution < -0.4 is 0 Å². The Bertz CT molecular complexity index is 661. The molecule has 3 rings (SSSR count). The first kappa shape index (κ1) is 25.7. The topological polar surface area (TPSA) is 78.1 Å². The van der Waals surface area contributed by atoms with Crippen molar-refractivity contribution in [3.8, 4) is 0 Å². The van der Waals surface area contributed by atoms with Gasteiger partial charge in [0, 0.05) is 12.0 Å². The van der Waals surface area contributed by atoms with Crippen LogP contribution in [-0.2, 0) is 19.3 Å². The quantitative estimate of drug-likeness (QED) is 0.467. The van der Waals surface area contributed by atoms with Crippen LogP contribution in [0.4, 0.5) is 0 Å². The molecule has 0 fully saturated rings. The second-order valence-electron chi connectivity index (χ2n) is 11.2. The van der Waals surface area contributed by atoms with Gasteiger partial charge in [-0.05, 0) is 29.1 Å². The van der Waals surface area contributed by atoms with Crippen molar-refractivity contribution in [1.29, 1.82) is 0 Å². The molecule has 3 aromatic heterocycles. The summed E-state index contributed by atoms with van der Waals surface area (Å²) in [6.45, 7) is 19.7. The Morgan fingerprint density at radius 2 is 1.37 bits per heavy atom. The van der Waals surface area contributed by atoms with Gasteiger partial charge >= 0.3 is 0 Å². The van der Waals surface area contributed by atoms with Crippen LogP contribution in [0.25, 0.3) is 0 Å². The van der Waals surface area contributed by atoms with Crippen LogP contribution in [-0.4, -0.2) is 15.1 Å². The molecular formula is C24H39N3O3. The minimum atomic E-state index is 0.291. The molecular weight excluding hydrogens is 378 g/mol. The van der Waals surface area contributed by atoms with Crippen molar-refractivity contribution >= 4 is 0 Å². The maximum Gasteiger partial charge on any atom is 0.180 e. The van der Waals surface area contributed by atoms with Crippen molar-refractivity contribution in [1.82, 2.24) is 15.1 Å². The first-order valence-electron chi connectivity index (χ1n) is 10.4. The number of oxazole rings is 2. The first-order chi connectivity index (χ1) is 13.7. The highest BCUT2D eigenvalue weighted by Crippen LogP contribution is 2.20. The molecule has 0 N–H and O–H groups in total. The fraction of sp³-hybridized carbons (Fsp3) is 0.625. The van der Waals surface area contributed by atoms with Gasteiger partial charge in [0.05, 0.1) is 18.1 Å². The average molecular weight is 418 g/mol. The molecule has 0 amide bonds. The summed E-state index contributed by atoms with van der Waals surface area (Å²) in [7, 11) is 0. The van der Waals surface area contributed by atoms with Gasteiger partial charge in [-0.25, -0.2) is 9.97 Å². The highest BCUT2D eigenvalue weighted by molar-refractivity contribution is 5.02. The predicted molar refractivity (Wildman–Crippen MR) is 119 cm³/mol. The van der Waals surface area contributed by atoms with E-state index in [-0.39, 0.29) is 0 Å². The van der Waals surface area contributed by atoms with Crippen LogP contribution in [0.3, 0.4) is 0 Å². The molecule has 0 bridgehead atoms. The summed E-state index contributed by atoms with van der Waals surface area (Å²) >= 11 is 0. The lowest BCUT2D eigenvalue weighted by atomic mass is 9.90. The standard InChI is InChI=1S/3C8H13NO/c1-8(2,3)4-7-5-10-6-9-7;1-8(2,3)4-7-5-9-6-10-7;1-8(2,3)4-7-5-9-10-6-7/h3*5-6H,4H2,1-3H3. The molecule has 6 nitrogen and oxygen atoms in total. The Morgan fingerprint density at radius 1 is 0.733 bits per heavy atom. The van der Waals surface area contributed by atoms with E-state index in [1.54, 1.807) is 24.9 Å². The molecule has 0 aliphatic carbocycles. The van der Waals surface area contributed by atoms with Gasteiger partial charge in [0.25, 0.3) is 0 Å². The fourth-order valence-corrected chi connectivity index (χ4v) is 2.65. The monoisotopic (exact) mass is 417 g/mol. The van der Waals surface area contributed by atoms with Crippen molar-refractivity contribution in [2.24, 2.45) is 16.2 Å². The summed E-state index contributed by atoms with van der Waals surface area (Å²) in [5.41, 5.74) is 3.13. The summed E-state index contributed by atoms with van der Waals surface area (Å²) in [4.78, 5) is 7.87. The lowest BCUT2D eigenvalue weighted by molar-refractivity contribution is 0.362. The second kappa shape index (κ2) is 11.1. The third-order valence-electron chi connectivity index (χ3n) is 3.60. The van der Waals surface area contributed by atoms with E-state index in [2.05, 4.69) is 77.4 Å². The third-order valence-corrected chi connectivity index (χ3v) is 3.60. The van der Waals surface area contributed by atoms with Crippen LogP contribution in [0.1, 0.15) is 79.3 Å². The highest BCUT2D eigenvalue weighted by Gasteiger charge is 2.13. The normalized spacial score (nSPS) is 11.9. The number of rotatable bonds is 3. The van der Waals surface area contributed by atoms with Crippen LogP contribution in [0.15, 0.2) is 51.1 Å². The Hall–Kier alpha value is -2.37. The maximum atomic E-state index is 5.10. The Balaban J connectivity index is 0.000000225. The summed E-state index contributed by atoms with van der Waals surface area (Å²) in [6.07, 6.45) is 12.8. The van der Waals surface area contributed by atoms with Crippen LogP contribution in [0, 0.1) is 16.2 Å². The van der Waals surface area contributed by atoms with E-state index >= 15 is 0 Å². The minimum absolute atomic E-state index is 0.291. The summed E-state index contributed by atoms with van der Waals surface area (Å²) in [5, 5.41) is 3.63. The van der Waals surface area contributed by atoms with Crippen molar-refractivity contribution in [3.05, 3.63) is 54.7 Å². The molecule has 0 spiro atoms. The van der Waals surface area contributed by atoms with Crippen molar-refractivity contribution in [2.75, 3.05) is 0 Å². The van der Waals surface area contributed by atoms with Gasteiger partial charge < -0.3 is 13.4 Å². The SMILES string of the molecule is CC(C)(C)Cc1cnco1.CC(C)(C)Cc1cnoc1.CC(C)(C)Cc1cocn1. The molecule has 0 atom stereocenters. The zero-order chi connectivity index (χ0) is 22.8. The van der Waals surface area contributed by atoms with E-state index in [4.69, 9.17) is 13.4 Å². The maximum absolute atomic E-state index is 5.10. The molecule has 0 saturated heterocycles. The number of nitrogens with zero attached hydrogens (tertiary/aromatic N) is 3. The summed E-state index contributed by atoms with van der Waals surface area (Å²) < 4.78 is 14.7. The predicted octanol–water partition coefficient (Wildman–Crippen LogP) is 6.79. The lowest BCUT2D eigenvalue weighted by Crippen LogP contribution is -2.08. The minimum Gasteiger partial charge on any atom is -0.451 e. The highest BCUT2D eigenvalue weighted by atomic mass is 16.5. The molecule has 3 heterocycles. The third kappa shape index (κ3) is 13.7. The average Bonchev–Trinajstić information content (AvgIpc) is 3.27. The van der Waals surface area contributed by atoms with E-state index in [0.717, 1.165) is 30.7 Å².